The highest BCUT2D eigenvalue weighted by atomic mass is 35.5. The fourth-order valence-electron chi connectivity index (χ4n) is 1.77. The Bertz CT molecular complexity index is 635. The van der Waals surface area contributed by atoms with Crippen molar-refractivity contribution in [3.05, 3.63) is 53.8 Å². The minimum atomic E-state index is -0.831. The fourth-order valence-corrected chi connectivity index (χ4v) is 1.89. The summed E-state index contributed by atoms with van der Waals surface area (Å²) in [6.07, 6.45) is 3.92. The van der Waals surface area contributed by atoms with Gasteiger partial charge in [0, 0.05) is 29.6 Å². The van der Waals surface area contributed by atoms with E-state index in [1.54, 1.807) is 24.3 Å². The molecule has 0 aliphatic rings. The number of ether oxygens (including phenoxy) is 1. The molecule has 2 aromatic rings. The number of pyridine rings is 1. The summed E-state index contributed by atoms with van der Waals surface area (Å²) in [7, 11) is 0. The van der Waals surface area contributed by atoms with Gasteiger partial charge in [-0.25, -0.2) is 5.43 Å². The Morgan fingerprint density at radius 1 is 1.22 bits per heavy atom. The summed E-state index contributed by atoms with van der Waals surface area (Å²) in [6, 6.07) is 10.2. The number of carbonyl (C=O) groups is 2. The lowest BCUT2D eigenvalue weighted by Gasteiger charge is -2.12. The first-order chi connectivity index (χ1) is 11.2. The standard InChI is InChI=1S/C16H16ClN3O3/c17-13-1-3-14(4-2-13)20-19-10-5-12(11-21)16(22)23-15-6-8-18-9-7-15/h1-4,6-9,11-12,19-20H,5,10H2. The number of esters is 1. The van der Waals surface area contributed by atoms with Crippen molar-refractivity contribution in [1.82, 2.24) is 10.4 Å². The second-order valence-electron chi connectivity index (χ2n) is 4.69. The summed E-state index contributed by atoms with van der Waals surface area (Å²) in [6.45, 7) is 0.414. The summed E-state index contributed by atoms with van der Waals surface area (Å²) in [5.41, 5.74) is 6.72. The lowest BCUT2D eigenvalue weighted by molar-refractivity contribution is -0.141. The minimum Gasteiger partial charge on any atom is -0.426 e. The third-order valence-corrected chi connectivity index (χ3v) is 3.24. The third kappa shape index (κ3) is 5.69. The number of hydrazine groups is 1. The molecular weight excluding hydrogens is 318 g/mol. The molecule has 0 saturated heterocycles. The van der Waals surface area contributed by atoms with Gasteiger partial charge in [-0.3, -0.25) is 9.78 Å². The molecule has 7 heteroatoms. The van der Waals surface area contributed by atoms with Crippen LogP contribution in [0.3, 0.4) is 0 Å². The molecule has 1 aromatic carbocycles. The maximum Gasteiger partial charge on any atom is 0.321 e. The quantitative estimate of drug-likeness (QED) is 0.254. The van der Waals surface area contributed by atoms with E-state index in [0.29, 0.717) is 30.0 Å². The topological polar surface area (TPSA) is 80.3 Å². The van der Waals surface area contributed by atoms with Gasteiger partial charge in [-0.05, 0) is 42.8 Å². The first-order valence-electron chi connectivity index (χ1n) is 7.00. The van der Waals surface area contributed by atoms with Gasteiger partial charge in [-0.1, -0.05) is 11.6 Å². The van der Waals surface area contributed by atoms with E-state index in [-0.39, 0.29) is 0 Å². The predicted octanol–water partition coefficient (Wildman–Crippen LogP) is 2.46. The van der Waals surface area contributed by atoms with Crippen molar-refractivity contribution in [1.29, 1.82) is 0 Å². The van der Waals surface area contributed by atoms with Gasteiger partial charge in [-0.15, -0.1) is 0 Å². The Morgan fingerprint density at radius 3 is 2.57 bits per heavy atom. The van der Waals surface area contributed by atoms with Crippen molar-refractivity contribution in [3.63, 3.8) is 0 Å². The molecule has 0 aliphatic carbocycles. The van der Waals surface area contributed by atoms with Crippen LogP contribution in [0.4, 0.5) is 5.69 Å². The Kier molecular flexibility index (Phi) is 6.53. The number of carbonyl (C=O) groups excluding carboxylic acids is 2. The van der Waals surface area contributed by atoms with Crippen LogP contribution in [-0.4, -0.2) is 23.8 Å². The first-order valence-corrected chi connectivity index (χ1v) is 7.38. The largest absolute Gasteiger partial charge is 0.426 e. The Balaban J connectivity index is 1.75. The summed E-state index contributed by atoms with van der Waals surface area (Å²) in [5.74, 6) is -1.05. The average Bonchev–Trinajstić information content (AvgIpc) is 2.57. The molecule has 0 spiro atoms. The van der Waals surface area contributed by atoms with E-state index < -0.39 is 11.9 Å². The number of aldehydes is 1. The average molecular weight is 334 g/mol. The molecule has 1 atom stereocenters. The number of halogens is 1. The van der Waals surface area contributed by atoms with Gasteiger partial charge in [0.15, 0.2) is 0 Å². The zero-order valence-electron chi connectivity index (χ0n) is 12.2. The van der Waals surface area contributed by atoms with E-state index in [4.69, 9.17) is 16.3 Å². The summed E-state index contributed by atoms with van der Waals surface area (Å²) >= 11 is 5.79. The number of aromatic nitrogens is 1. The minimum absolute atomic E-state index is 0.313. The molecule has 1 unspecified atom stereocenters. The van der Waals surface area contributed by atoms with E-state index in [0.717, 1.165) is 5.69 Å². The second kappa shape index (κ2) is 8.87. The van der Waals surface area contributed by atoms with Crippen molar-refractivity contribution in [2.75, 3.05) is 12.0 Å². The zero-order valence-corrected chi connectivity index (χ0v) is 13.0. The number of benzene rings is 1. The van der Waals surface area contributed by atoms with Crippen LogP contribution in [0.15, 0.2) is 48.8 Å². The van der Waals surface area contributed by atoms with E-state index in [9.17, 15) is 9.59 Å². The number of nitrogens with zero attached hydrogens (tertiary/aromatic N) is 1. The van der Waals surface area contributed by atoms with Crippen LogP contribution in [0, 0.1) is 5.92 Å². The van der Waals surface area contributed by atoms with E-state index in [1.807, 2.05) is 12.1 Å². The summed E-state index contributed by atoms with van der Waals surface area (Å²) in [5, 5.41) is 0.649. The number of nitrogens with one attached hydrogen (secondary N) is 2. The molecule has 0 bridgehead atoms. The van der Waals surface area contributed by atoms with Crippen LogP contribution in [0.25, 0.3) is 0 Å². The zero-order chi connectivity index (χ0) is 16.5. The van der Waals surface area contributed by atoms with Crippen molar-refractivity contribution in [2.24, 2.45) is 5.92 Å². The maximum absolute atomic E-state index is 11.9. The Labute approximate surface area is 138 Å². The van der Waals surface area contributed by atoms with Crippen LogP contribution in [0.2, 0.25) is 5.02 Å². The van der Waals surface area contributed by atoms with Crippen LogP contribution in [0.5, 0.6) is 5.75 Å². The van der Waals surface area contributed by atoms with E-state index in [2.05, 4.69) is 15.8 Å². The van der Waals surface area contributed by atoms with Gasteiger partial charge in [0.05, 0.1) is 0 Å². The first kappa shape index (κ1) is 16.9. The molecule has 0 aliphatic heterocycles. The van der Waals surface area contributed by atoms with Crippen LogP contribution in [0.1, 0.15) is 6.42 Å². The smallest absolute Gasteiger partial charge is 0.321 e. The van der Waals surface area contributed by atoms with Gasteiger partial charge < -0.3 is 15.0 Å². The van der Waals surface area contributed by atoms with Gasteiger partial charge >= 0.3 is 5.97 Å². The maximum atomic E-state index is 11.9. The lowest BCUT2D eigenvalue weighted by atomic mass is 10.1. The van der Waals surface area contributed by atoms with E-state index in [1.165, 1.54) is 12.4 Å². The van der Waals surface area contributed by atoms with Gasteiger partial charge in [-0.2, -0.15) is 0 Å². The summed E-state index contributed by atoms with van der Waals surface area (Å²) < 4.78 is 5.12. The molecule has 0 radical (unpaired) electrons. The van der Waals surface area contributed by atoms with Gasteiger partial charge in [0.2, 0.25) is 0 Å². The molecule has 1 heterocycles. The van der Waals surface area contributed by atoms with E-state index >= 15 is 0 Å². The van der Waals surface area contributed by atoms with Crippen molar-refractivity contribution in [2.45, 2.75) is 6.42 Å². The molecule has 0 fully saturated rings. The molecule has 120 valence electrons. The predicted molar refractivity (Wildman–Crippen MR) is 87.1 cm³/mol. The molecule has 23 heavy (non-hydrogen) atoms. The number of rotatable bonds is 8. The third-order valence-electron chi connectivity index (χ3n) is 2.99. The fraction of sp³-hybridized carbons (Fsp3) is 0.188. The normalized spacial score (nSPS) is 11.5. The molecule has 2 rings (SSSR count). The molecule has 0 amide bonds. The highest BCUT2D eigenvalue weighted by molar-refractivity contribution is 6.30. The highest BCUT2D eigenvalue weighted by Crippen LogP contribution is 2.13. The number of hydrogen-bond acceptors (Lipinski definition) is 6. The lowest BCUT2D eigenvalue weighted by Crippen LogP contribution is -2.29. The molecule has 1 aromatic heterocycles. The van der Waals surface area contributed by atoms with Crippen molar-refractivity contribution < 1.29 is 14.3 Å². The monoisotopic (exact) mass is 333 g/mol. The Hall–Kier alpha value is -2.44. The number of anilines is 1. The second-order valence-corrected chi connectivity index (χ2v) is 5.13. The van der Waals surface area contributed by atoms with Gasteiger partial charge in [0.1, 0.15) is 18.0 Å². The van der Waals surface area contributed by atoms with Crippen LogP contribution < -0.4 is 15.6 Å². The van der Waals surface area contributed by atoms with Gasteiger partial charge in [0.25, 0.3) is 0 Å². The molecule has 6 nitrogen and oxygen atoms in total. The Morgan fingerprint density at radius 2 is 1.91 bits per heavy atom. The number of hydrogen-bond donors (Lipinski definition) is 2. The molecule has 2 N–H and O–H groups in total. The van der Waals surface area contributed by atoms with Crippen molar-refractivity contribution >= 4 is 29.5 Å². The summed E-state index contributed by atoms with van der Waals surface area (Å²) in [4.78, 5) is 26.8. The van der Waals surface area contributed by atoms with Crippen molar-refractivity contribution in [3.8, 4) is 5.75 Å². The molecular formula is C16H16ClN3O3. The molecule has 0 saturated carbocycles. The highest BCUT2D eigenvalue weighted by Gasteiger charge is 2.19. The van der Waals surface area contributed by atoms with Crippen LogP contribution >= 0.6 is 11.6 Å². The van der Waals surface area contributed by atoms with Crippen LogP contribution in [-0.2, 0) is 9.59 Å². The SMILES string of the molecule is O=CC(CCNNc1ccc(Cl)cc1)C(=O)Oc1ccncc1.